The van der Waals surface area contributed by atoms with Crippen LogP contribution in [0.1, 0.15) is 32.3 Å². The number of nitrogens with two attached hydrogens (primary N) is 1. The number of benzene rings is 1. The van der Waals surface area contributed by atoms with Gasteiger partial charge in [0.25, 0.3) is 5.91 Å². The van der Waals surface area contributed by atoms with Crippen LogP contribution in [0.4, 0.5) is 0 Å². The lowest BCUT2D eigenvalue weighted by atomic mass is 9.76. The van der Waals surface area contributed by atoms with Gasteiger partial charge in [-0.05, 0) is 43.8 Å². The Morgan fingerprint density at radius 1 is 1.36 bits per heavy atom. The first-order valence-corrected chi connectivity index (χ1v) is 10.9. The molecule has 2 aliphatic rings. The predicted octanol–water partition coefficient (Wildman–Crippen LogP) is 3.95. The molecule has 1 amide bonds. The molecule has 0 aliphatic carbocycles. The maximum absolute atomic E-state index is 13.5. The number of rotatable bonds is 5. The van der Waals surface area contributed by atoms with Gasteiger partial charge in [-0.2, -0.15) is 0 Å². The van der Waals surface area contributed by atoms with Crippen molar-refractivity contribution in [2.75, 3.05) is 7.05 Å². The van der Waals surface area contributed by atoms with Gasteiger partial charge in [0.15, 0.2) is 17.3 Å². The number of nitrogens with zero attached hydrogens (tertiary/aromatic N) is 5. The molecule has 2 N–H and O–H groups in total. The third-order valence-corrected chi connectivity index (χ3v) is 5.93. The molecule has 0 bridgehead atoms. The van der Waals surface area contributed by atoms with E-state index in [1.165, 1.54) is 4.90 Å². The molecule has 0 saturated carbocycles. The number of likely N-dealkylation sites (N-methyl/N-ethyl adjacent to an activating group) is 1. The molecule has 9 heteroatoms. The van der Waals surface area contributed by atoms with Gasteiger partial charge in [0.1, 0.15) is 11.4 Å². The Kier molecular flexibility index (Phi) is 5.80. The van der Waals surface area contributed by atoms with E-state index in [0.29, 0.717) is 22.2 Å². The van der Waals surface area contributed by atoms with Crippen molar-refractivity contribution in [1.29, 1.82) is 0 Å². The molecule has 33 heavy (non-hydrogen) atoms. The van der Waals surface area contributed by atoms with Crippen LogP contribution in [0.15, 0.2) is 63.5 Å². The standard InChI is InChI=1S/C24H25ClN6O2/c1-5-8-29-20(27-3)11-23(2)14-24(21(32)31(4)22(26)30-24)18-10-15(6-7-19(18)33-23)16-9-17(25)13-28-12-16/h6-13H,3,5,14H2,1-2,4H3,(H2,26,30)/b20-11-,29-8?. The summed E-state index contributed by atoms with van der Waals surface area (Å²) in [6, 6.07) is 7.43. The number of ether oxygens (including phenoxy) is 1. The minimum absolute atomic E-state index is 0.153. The number of aromatic nitrogens is 1. The number of hydrogen-bond donors (Lipinski definition) is 1. The van der Waals surface area contributed by atoms with Gasteiger partial charge in [0.2, 0.25) is 0 Å². The summed E-state index contributed by atoms with van der Waals surface area (Å²) in [6.07, 6.45) is 7.76. The fourth-order valence-corrected chi connectivity index (χ4v) is 4.41. The molecule has 4 rings (SSSR count). The molecule has 2 unspecified atom stereocenters. The summed E-state index contributed by atoms with van der Waals surface area (Å²) < 4.78 is 6.39. The highest BCUT2D eigenvalue weighted by molar-refractivity contribution is 6.30. The molecule has 1 aromatic carbocycles. The minimum Gasteiger partial charge on any atom is -0.483 e. The van der Waals surface area contributed by atoms with Crippen LogP contribution in [0, 0.1) is 0 Å². The number of aliphatic imine (C=N–C) groups is 3. The fraction of sp³-hybridized carbons (Fsp3) is 0.292. The van der Waals surface area contributed by atoms with E-state index in [0.717, 1.165) is 17.5 Å². The van der Waals surface area contributed by atoms with Crippen molar-refractivity contribution in [1.82, 2.24) is 9.88 Å². The van der Waals surface area contributed by atoms with Crippen molar-refractivity contribution in [3.8, 4) is 16.9 Å². The van der Waals surface area contributed by atoms with Crippen molar-refractivity contribution in [3.63, 3.8) is 0 Å². The van der Waals surface area contributed by atoms with Crippen LogP contribution in [0.2, 0.25) is 5.02 Å². The average molecular weight is 465 g/mol. The summed E-state index contributed by atoms with van der Waals surface area (Å²) in [5.74, 6) is 0.868. The summed E-state index contributed by atoms with van der Waals surface area (Å²) in [5, 5.41) is 0.518. The zero-order valence-corrected chi connectivity index (χ0v) is 19.5. The maximum atomic E-state index is 13.5. The molecule has 170 valence electrons. The number of carbonyl (C=O) groups excluding carboxylic acids is 1. The third kappa shape index (κ3) is 4.02. The van der Waals surface area contributed by atoms with Gasteiger partial charge in [-0.3, -0.25) is 14.7 Å². The molecule has 0 saturated heterocycles. The molecule has 3 heterocycles. The van der Waals surface area contributed by atoms with E-state index in [4.69, 9.17) is 22.1 Å². The van der Waals surface area contributed by atoms with Crippen LogP contribution >= 0.6 is 11.6 Å². The highest BCUT2D eigenvalue weighted by Gasteiger charge is 2.56. The second-order valence-electron chi connectivity index (χ2n) is 8.27. The van der Waals surface area contributed by atoms with E-state index in [-0.39, 0.29) is 18.3 Å². The van der Waals surface area contributed by atoms with E-state index in [1.54, 1.807) is 31.7 Å². The second-order valence-corrected chi connectivity index (χ2v) is 8.71. The van der Waals surface area contributed by atoms with Crippen LogP contribution < -0.4 is 10.5 Å². The topological polar surface area (TPSA) is 106 Å². The molecule has 1 aromatic heterocycles. The quantitative estimate of drug-likeness (QED) is 0.676. The smallest absolute Gasteiger partial charge is 0.261 e. The Labute approximate surface area is 197 Å². The lowest BCUT2D eigenvalue weighted by molar-refractivity contribution is -0.133. The van der Waals surface area contributed by atoms with E-state index in [1.807, 2.05) is 38.1 Å². The summed E-state index contributed by atoms with van der Waals surface area (Å²) in [4.78, 5) is 32.1. The van der Waals surface area contributed by atoms with Gasteiger partial charge >= 0.3 is 0 Å². The van der Waals surface area contributed by atoms with E-state index < -0.39 is 11.1 Å². The fourth-order valence-electron chi connectivity index (χ4n) is 4.23. The van der Waals surface area contributed by atoms with E-state index in [9.17, 15) is 4.79 Å². The maximum Gasteiger partial charge on any atom is 0.261 e. The summed E-state index contributed by atoms with van der Waals surface area (Å²) in [6.45, 7) is 7.46. The minimum atomic E-state index is -1.25. The lowest BCUT2D eigenvalue weighted by Gasteiger charge is -2.41. The molecule has 2 aromatic rings. The number of amides is 1. The molecule has 0 fully saturated rings. The van der Waals surface area contributed by atoms with Crippen molar-refractivity contribution in [2.24, 2.45) is 20.7 Å². The predicted molar refractivity (Wildman–Crippen MR) is 131 cm³/mol. The van der Waals surface area contributed by atoms with Crippen molar-refractivity contribution in [2.45, 2.75) is 37.8 Å². The van der Waals surface area contributed by atoms with Crippen molar-refractivity contribution in [3.05, 3.63) is 59.1 Å². The van der Waals surface area contributed by atoms with Crippen molar-refractivity contribution < 1.29 is 9.53 Å². The molecule has 2 atom stereocenters. The molecular weight excluding hydrogens is 440 g/mol. The Balaban J connectivity index is 1.89. The number of fused-ring (bicyclic) bond motifs is 2. The summed E-state index contributed by atoms with van der Waals surface area (Å²) in [7, 11) is 1.62. The normalized spacial score (nSPS) is 24.7. The zero-order chi connectivity index (χ0) is 23.8. The lowest BCUT2D eigenvalue weighted by Crippen LogP contribution is -2.49. The van der Waals surface area contributed by atoms with Gasteiger partial charge in [-0.25, -0.2) is 15.0 Å². The largest absolute Gasteiger partial charge is 0.483 e. The van der Waals surface area contributed by atoms with Crippen LogP contribution in [-0.2, 0) is 10.3 Å². The van der Waals surface area contributed by atoms with Gasteiger partial charge in [-0.1, -0.05) is 24.6 Å². The van der Waals surface area contributed by atoms with Crippen molar-refractivity contribution >= 4 is 36.4 Å². The SMILES string of the molecule is C=N/C(=C/C1(C)CC2(N=C(N)N(C)C2=O)c2cc(-c3cncc(Cl)c3)ccc2O1)N=CCC. The first-order chi connectivity index (χ1) is 15.7. The van der Waals surface area contributed by atoms with E-state index in [2.05, 4.69) is 26.7 Å². The molecule has 0 radical (unpaired) electrons. The first-order valence-electron chi connectivity index (χ1n) is 10.5. The van der Waals surface area contributed by atoms with Crippen LogP contribution in [0.25, 0.3) is 11.1 Å². The summed E-state index contributed by atoms with van der Waals surface area (Å²) >= 11 is 6.14. The summed E-state index contributed by atoms with van der Waals surface area (Å²) in [5.41, 5.74) is 6.20. The zero-order valence-electron chi connectivity index (χ0n) is 18.7. The number of hydrogen-bond acceptors (Lipinski definition) is 7. The van der Waals surface area contributed by atoms with E-state index >= 15 is 0 Å². The van der Waals surface area contributed by atoms with Crippen LogP contribution in [0.3, 0.4) is 0 Å². The average Bonchev–Trinajstić information content (AvgIpc) is 3.00. The van der Waals surface area contributed by atoms with Crippen LogP contribution in [-0.4, -0.2) is 47.3 Å². The Bertz CT molecular complexity index is 1220. The molecule has 1 spiro atoms. The second kappa shape index (κ2) is 8.44. The molecule has 2 aliphatic heterocycles. The number of pyridine rings is 1. The number of halogens is 1. The van der Waals surface area contributed by atoms with Gasteiger partial charge in [-0.15, -0.1) is 0 Å². The first kappa shape index (κ1) is 22.7. The highest BCUT2D eigenvalue weighted by atomic mass is 35.5. The van der Waals surface area contributed by atoms with Crippen LogP contribution in [0.5, 0.6) is 5.75 Å². The molecule has 8 nitrogen and oxygen atoms in total. The van der Waals surface area contributed by atoms with Gasteiger partial charge < -0.3 is 10.5 Å². The Morgan fingerprint density at radius 3 is 2.79 bits per heavy atom. The Morgan fingerprint density at radius 2 is 2.15 bits per heavy atom. The third-order valence-electron chi connectivity index (χ3n) is 5.72. The molecular formula is C24H25ClN6O2. The van der Waals surface area contributed by atoms with Gasteiger partial charge in [0.05, 0.1) is 5.02 Å². The van der Waals surface area contributed by atoms with Gasteiger partial charge in [0, 0.05) is 49.3 Å². The number of carbonyl (C=O) groups is 1. The number of guanidine groups is 1. The Hall–Kier alpha value is -3.52. The monoisotopic (exact) mass is 464 g/mol. The highest BCUT2D eigenvalue weighted by Crippen LogP contribution is 2.50.